The van der Waals surface area contributed by atoms with Gasteiger partial charge < -0.3 is 497 Å². The predicted molar refractivity (Wildman–Crippen MR) is 209 cm³/mol. The van der Waals surface area contributed by atoms with E-state index < -0.39 is 0 Å². The van der Waals surface area contributed by atoms with Gasteiger partial charge in [-0.2, -0.15) is 0 Å². The summed E-state index contributed by atoms with van der Waals surface area (Å²) in [7, 11) is 0. The van der Waals surface area contributed by atoms with E-state index in [9.17, 15) is 0 Å². The molecule has 0 spiro atoms. The Morgan fingerprint density at radius 1 is 0.0532 bits per heavy atom. The maximum Gasteiger partial charge on any atom is 3.00 e. The molecule has 0 aromatic heterocycles. The third-order valence-corrected chi connectivity index (χ3v) is 0. The van der Waals surface area contributed by atoms with Gasteiger partial charge in [0.25, 0.3) is 0 Å². The van der Waals surface area contributed by atoms with Gasteiger partial charge in [-0.25, -0.2) is 0 Å². The molecule has 0 fully saturated rings. The molecule has 0 aromatic carbocycles. The van der Waals surface area contributed by atoms with Crippen LogP contribution in [0.2, 0.25) is 0 Å². The smallest absolute Gasteiger partial charge is 0.512 e. The van der Waals surface area contributed by atoms with Crippen LogP contribution >= 0.6 is 0 Å². The third kappa shape index (κ3) is 1730. The van der Waals surface area contributed by atoms with Gasteiger partial charge in [-0.05, 0) is 0 Å². The van der Waals surface area contributed by atoms with E-state index in [-0.39, 0.29) is 181 Å². The quantitative estimate of drug-likeness (QED) is 0.244. The zero-order chi connectivity index (χ0) is 84.0. The summed E-state index contributed by atoms with van der Waals surface area (Å²) >= 11 is 0. The molecule has 0 heterocycles. The standard InChI is InChI=1S/42CN.7Fe.3Re/c42*1-2;;;;;;;;;;/q42*-1;7*+3;;;. The van der Waals surface area contributed by atoms with Gasteiger partial charge in [0.05, 0.1) is 0 Å². The van der Waals surface area contributed by atoms with Gasteiger partial charge in [-0.3, -0.25) is 0 Å². The van der Waals surface area contributed by atoms with Crippen LogP contribution < -0.4 is 0 Å². The molecule has 52 heteroatoms. The number of hydrogen-bond donors (Lipinski definition) is 0. The number of hydrogen-bond acceptors (Lipinski definition) is 42. The molecule has 0 aromatic rings. The number of rotatable bonds is 0. The summed E-state index contributed by atoms with van der Waals surface area (Å²) in [4.78, 5) is 0. The SMILES string of the molecule is [C-]#N.[C-]#N.[C-]#N.[C-]#N.[C-]#N.[C-]#N.[C-]#N.[C-]#N.[C-]#N.[C-]#N.[C-]#N.[C-]#N.[C-]#N.[C-]#N.[C-]#N.[C-]#N.[C-]#N.[C-]#N.[C-]#N.[C-]#N.[C-]#N.[C-]#N.[C-]#N.[C-]#N.[C-]#N.[C-]#N.[C-]#N.[C-]#N.[C-]#N.[C-]#N.[C-]#N.[C-]#N.[C-]#N.[C-]#N.[C-]#N.[C-]#N.[C-]#N.[C-]#N.[C-]#N.[C-]#N.[C-]#N.[C-]#N.[Fe+3].[Fe+3].[Fe+3].[Fe+3].[Fe+3].[Fe+3].[Fe+3].[Re].[Re].[Re]. The molecule has 0 amide bonds. The second kappa shape index (κ2) is 1800. The Morgan fingerprint density at radius 2 is 0.0532 bits per heavy atom. The Hall–Kier alpha value is -15.8. The molecule has 94 heavy (non-hydrogen) atoms. The first-order chi connectivity index (χ1) is 42.0. The normalized spacial score (nSPS) is 0.894. The van der Waals surface area contributed by atoms with Crippen LogP contribution in [0.5, 0.6) is 0 Å². The van der Waals surface area contributed by atoms with E-state index >= 15 is 0 Å². The maximum absolute atomic E-state index is 6.25. The monoisotopic (exact) mass is 2040 g/mol. The first kappa shape index (κ1) is 679. The summed E-state index contributed by atoms with van der Waals surface area (Å²) in [6.07, 6.45) is 0. The van der Waals surface area contributed by atoms with E-state index in [1.165, 1.54) is 0 Å². The van der Waals surface area contributed by atoms with Gasteiger partial charge in [0, 0.05) is 61.3 Å². The van der Waals surface area contributed by atoms with Crippen molar-refractivity contribution in [3.05, 3.63) is 276 Å². The summed E-state index contributed by atoms with van der Waals surface area (Å²) in [5.41, 5.74) is 0. The molecule has 10 radical (unpaired) electrons. The zero-order valence-corrected chi connectivity index (χ0v) is 59.3. The summed E-state index contributed by atoms with van der Waals surface area (Å²) in [6.45, 7) is 200. The summed E-state index contributed by atoms with van der Waals surface area (Å²) in [5, 5.41) is 262. The molecule has 0 atom stereocenters. The van der Waals surface area contributed by atoms with Gasteiger partial charge in [0.1, 0.15) is 0 Å². The fourth-order valence-corrected chi connectivity index (χ4v) is 0. The Balaban J connectivity index is -0.00000000383. The van der Waals surface area contributed by atoms with Crippen molar-refractivity contribution in [3.63, 3.8) is 0 Å². The van der Waals surface area contributed by atoms with Crippen molar-refractivity contribution in [2.75, 3.05) is 0 Å². The molecular formula is C42Fe7N42Re3-21. The maximum atomic E-state index is 6.25. The minimum Gasteiger partial charge on any atom is -0.512 e. The van der Waals surface area contributed by atoms with E-state index in [0.29, 0.717) is 0 Å². The van der Waals surface area contributed by atoms with E-state index in [1.807, 2.05) is 0 Å². The third-order valence-electron chi connectivity index (χ3n) is 0. The van der Waals surface area contributed by atoms with Gasteiger partial charge in [0.15, 0.2) is 0 Å². The van der Waals surface area contributed by atoms with Gasteiger partial charge in [-0.15, -0.1) is 0 Å². The van der Waals surface area contributed by atoms with Crippen molar-refractivity contribution in [2.24, 2.45) is 0 Å². The van der Waals surface area contributed by atoms with Crippen molar-refractivity contribution in [3.8, 4) is 0 Å². The van der Waals surface area contributed by atoms with Crippen molar-refractivity contribution in [2.45, 2.75) is 0 Å². The average molecular weight is 2040 g/mol. The molecule has 0 saturated carbocycles. The van der Waals surface area contributed by atoms with Crippen molar-refractivity contribution in [1.82, 2.24) is 0 Å². The van der Waals surface area contributed by atoms with Crippen LogP contribution in [0.4, 0.5) is 0 Å². The van der Waals surface area contributed by atoms with Crippen molar-refractivity contribution in [1.29, 1.82) is 221 Å². The van der Waals surface area contributed by atoms with Gasteiger partial charge >= 0.3 is 119 Å². The first-order valence-corrected chi connectivity index (χ1v) is 9.39. The summed E-state index contributed by atoms with van der Waals surface area (Å²) in [6, 6.07) is 0. The largest absolute Gasteiger partial charge is 3.00 e. The minimum atomic E-state index is 0. The van der Waals surface area contributed by atoms with Crippen LogP contribution in [0, 0.1) is 497 Å². The van der Waals surface area contributed by atoms with E-state index in [0.717, 1.165) is 0 Å². The zero-order valence-electron chi connectivity index (χ0n) is 43.4. The Kier molecular flexibility index (Phi) is 13000. The molecule has 476 valence electrons. The number of nitrogens with zero attached hydrogens (tertiary/aromatic N) is 42. The van der Waals surface area contributed by atoms with Crippen molar-refractivity contribution < 1.29 is 181 Å². The second-order valence-electron chi connectivity index (χ2n) is 0. The Labute approximate surface area is 671 Å². The van der Waals surface area contributed by atoms with E-state index in [4.69, 9.17) is 497 Å². The fourth-order valence-electron chi connectivity index (χ4n) is 0. The first-order valence-electron chi connectivity index (χ1n) is 9.39. The van der Waals surface area contributed by atoms with Gasteiger partial charge in [-0.1, -0.05) is 0 Å². The molecule has 0 bridgehead atoms. The van der Waals surface area contributed by atoms with Crippen LogP contribution in [0.3, 0.4) is 0 Å². The Bertz CT molecular complexity index is 1020. The van der Waals surface area contributed by atoms with Crippen LogP contribution in [0.1, 0.15) is 0 Å². The molecule has 0 N–H and O–H groups in total. The van der Waals surface area contributed by atoms with E-state index in [1.54, 1.807) is 0 Å². The molecule has 42 nitrogen and oxygen atoms in total. The van der Waals surface area contributed by atoms with Crippen LogP contribution in [0.15, 0.2) is 0 Å². The molecule has 0 unspecified atom stereocenters. The minimum absolute atomic E-state index is 0. The average Bonchev–Trinajstić information content (AvgIpc) is 3.74. The molecular weight excluding hydrogens is 2040 g/mol. The molecule has 0 aliphatic heterocycles. The molecule has 0 rings (SSSR count). The molecule has 0 aliphatic rings. The van der Waals surface area contributed by atoms with Crippen LogP contribution in [-0.2, 0) is 181 Å². The molecule has 0 aliphatic carbocycles. The van der Waals surface area contributed by atoms with E-state index in [2.05, 4.69) is 0 Å². The predicted octanol–water partition coefficient (Wildman–Crippen LogP) is 4.02. The molecule has 0 saturated heterocycles. The summed E-state index contributed by atoms with van der Waals surface area (Å²) in [5.74, 6) is 0. The summed E-state index contributed by atoms with van der Waals surface area (Å²) < 4.78 is 0. The van der Waals surface area contributed by atoms with Crippen LogP contribution in [-0.4, -0.2) is 0 Å². The van der Waals surface area contributed by atoms with Gasteiger partial charge in [0.2, 0.25) is 0 Å². The van der Waals surface area contributed by atoms with Crippen LogP contribution in [0.25, 0.3) is 0 Å². The fraction of sp³-hybridized carbons (Fsp3) is 0. The second-order valence-corrected chi connectivity index (χ2v) is 0. The van der Waals surface area contributed by atoms with Crippen molar-refractivity contribution >= 4 is 0 Å². The Morgan fingerprint density at radius 3 is 0.0532 bits per heavy atom. The topological polar surface area (TPSA) is 999 Å².